The topological polar surface area (TPSA) is 64.3 Å². The van der Waals surface area contributed by atoms with Gasteiger partial charge in [0.25, 0.3) is 0 Å². The minimum absolute atomic E-state index is 0.0322. The Balaban J connectivity index is 2.01. The Morgan fingerprint density at radius 2 is 2.00 bits per heavy atom. The number of aromatic carboxylic acids is 1. The van der Waals surface area contributed by atoms with Crippen molar-refractivity contribution < 1.29 is 19.0 Å². The first-order chi connectivity index (χ1) is 11.9. The third-order valence-electron chi connectivity index (χ3n) is 3.35. The van der Waals surface area contributed by atoms with Crippen molar-refractivity contribution in [2.24, 2.45) is 0 Å². The van der Waals surface area contributed by atoms with Gasteiger partial charge in [0.15, 0.2) is 5.69 Å². The van der Waals surface area contributed by atoms with Crippen LogP contribution >= 0.6 is 27.5 Å². The summed E-state index contributed by atoms with van der Waals surface area (Å²) in [7, 11) is 0. The minimum Gasteiger partial charge on any atom is -0.476 e. The standard InChI is InChI=1S/C17H11BrClFN2O3/c18-15-14(16(23)24)22(9-10-4-6-11(19)7-5-10)17(21-15)25-13-3-1-2-12(20)8-13/h1-8H,9H2,(H,23,24). The van der Waals surface area contributed by atoms with Gasteiger partial charge in [0.1, 0.15) is 16.2 Å². The lowest BCUT2D eigenvalue weighted by molar-refractivity contribution is 0.0683. The number of rotatable bonds is 5. The zero-order valence-corrected chi connectivity index (χ0v) is 15.0. The average Bonchev–Trinajstić information content (AvgIpc) is 2.85. The van der Waals surface area contributed by atoms with Gasteiger partial charge in [0.05, 0.1) is 6.54 Å². The molecule has 25 heavy (non-hydrogen) atoms. The molecule has 0 saturated heterocycles. The van der Waals surface area contributed by atoms with Crippen LogP contribution in [0.3, 0.4) is 0 Å². The fourth-order valence-electron chi connectivity index (χ4n) is 2.24. The van der Waals surface area contributed by atoms with E-state index in [1.165, 1.54) is 22.8 Å². The molecule has 0 aliphatic heterocycles. The monoisotopic (exact) mass is 424 g/mol. The van der Waals surface area contributed by atoms with Crippen LogP contribution in [0.2, 0.25) is 5.02 Å². The molecule has 5 nitrogen and oxygen atoms in total. The molecule has 3 aromatic rings. The molecule has 1 aromatic heterocycles. The number of aromatic nitrogens is 2. The van der Waals surface area contributed by atoms with Gasteiger partial charge in [-0.25, -0.2) is 9.18 Å². The van der Waals surface area contributed by atoms with Crippen molar-refractivity contribution in [3.63, 3.8) is 0 Å². The average molecular weight is 426 g/mol. The van der Waals surface area contributed by atoms with Gasteiger partial charge in [0.2, 0.25) is 0 Å². The number of carboxylic acids is 1. The molecule has 3 rings (SSSR count). The molecule has 0 unspecified atom stereocenters. The predicted octanol–water partition coefficient (Wildman–Crippen LogP) is 4.98. The van der Waals surface area contributed by atoms with E-state index >= 15 is 0 Å². The third-order valence-corrected chi connectivity index (χ3v) is 4.16. The SMILES string of the molecule is O=C(O)c1c(Br)nc(Oc2cccc(F)c2)n1Cc1ccc(Cl)cc1. The number of ether oxygens (including phenoxy) is 1. The van der Waals surface area contributed by atoms with Gasteiger partial charge in [0, 0.05) is 11.1 Å². The van der Waals surface area contributed by atoms with Crippen molar-refractivity contribution in [3.05, 3.63) is 75.2 Å². The molecule has 1 heterocycles. The Kier molecular flexibility index (Phi) is 5.06. The molecule has 8 heteroatoms. The summed E-state index contributed by atoms with van der Waals surface area (Å²) in [5.74, 6) is -1.42. The fourth-order valence-corrected chi connectivity index (χ4v) is 2.90. The highest BCUT2D eigenvalue weighted by atomic mass is 79.9. The number of hydrogen-bond acceptors (Lipinski definition) is 3. The normalized spacial score (nSPS) is 10.7. The second-order valence-electron chi connectivity index (χ2n) is 5.11. The highest BCUT2D eigenvalue weighted by Gasteiger charge is 2.23. The third kappa shape index (κ3) is 4.00. The van der Waals surface area contributed by atoms with E-state index in [4.69, 9.17) is 16.3 Å². The molecule has 2 aromatic carbocycles. The number of benzene rings is 2. The summed E-state index contributed by atoms with van der Waals surface area (Å²) in [5.41, 5.74) is 0.738. The predicted molar refractivity (Wildman–Crippen MR) is 93.9 cm³/mol. The van der Waals surface area contributed by atoms with Crippen LogP contribution in [0, 0.1) is 5.82 Å². The van der Waals surface area contributed by atoms with Crippen LogP contribution in [0.4, 0.5) is 4.39 Å². The van der Waals surface area contributed by atoms with E-state index in [1.807, 2.05) is 0 Å². The number of halogens is 3. The summed E-state index contributed by atoms with van der Waals surface area (Å²) in [5, 5.41) is 10.0. The molecule has 128 valence electrons. The first-order valence-electron chi connectivity index (χ1n) is 7.11. The Morgan fingerprint density at radius 3 is 2.64 bits per heavy atom. The van der Waals surface area contributed by atoms with E-state index in [0.29, 0.717) is 5.02 Å². The van der Waals surface area contributed by atoms with E-state index in [-0.39, 0.29) is 28.6 Å². The molecule has 0 amide bonds. The van der Waals surface area contributed by atoms with E-state index in [9.17, 15) is 14.3 Å². The molecular weight excluding hydrogens is 415 g/mol. The van der Waals surface area contributed by atoms with E-state index in [1.54, 1.807) is 30.3 Å². The van der Waals surface area contributed by atoms with Crippen molar-refractivity contribution >= 4 is 33.5 Å². The summed E-state index contributed by atoms with van der Waals surface area (Å²) in [4.78, 5) is 15.7. The summed E-state index contributed by atoms with van der Waals surface area (Å²) < 4.78 is 20.4. The number of carbonyl (C=O) groups is 1. The second kappa shape index (κ2) is 7.25. The van der Waals surface area contributed by atoms with Crippen LogP contribution in [0.5, 0.6) is 11.8 Å². The number of nitrogens with zero attached hydrogens (tertiary/aromatic N) is 2. The fraction of sp³-hybridized carbons (Fsp3) is 0.0588. The van der Waals surface area contributed by atoms with Gasteiger partial charge < -0.3 is 9.84 Å². The van der Waals surface area contributed by atoms with Crippen molar-refractivity contribution in [2.45, 2.75) is 6.54 Å². The van der Waals surface area contributed by atoms with Crippen LogP contribution in [0.15, 0.2) is 53.1 Å². The number of carboxylic acid groups (broad SMARTS) is 1. The van der Waals surface area contributed by atoms with Gasteiger partial charge in [-0.15, -0.1) is 0 Å². The van der Waals surface area contributed by atoms with Crippen molar-refractivity contribution in [1.82, 2.24) is 9.55 Å². The maximum atomic E-state index is 13.3. The molecule has 0 fully saturated rings. The van der Waals surface area contributed by atoms with Crippen molar-refractivity contribution in [3.8, 4) is 11.8 Å². The van der Waals surface area contributed by atoms with Crippen LogP contribution in [-0.4, -0.2) is 20.6 Å². The van der Waals surface area contributed by atoms with Gasteiger partial charge in [-0.1, -0.05) is 29.8 Å². The molecule has 1 N–H and O–H groups in total. The molecule has 0 spiro atoms. The second-order valence-corrected chi connectivity index (χ2v) is 6.30. The van der Waals surface area contributed by atoms with E-state index in [0.717, 1.165) is 5.56 Å². The van der Waals surface area contributed by atoms with Gasteiger partial charge in [-0.2, -0.15) is 4.98 Å². The summed E-state index contributed by atoms with van der Waals surface area (Å²) in [6.07, 6.45) is 0. The maximum Gasteiger partial charge on any atom is 0.355 e. The van der Waals surface area contributed by atoms with Crippen LogP contribution < -0.4 is 4.74 Å². The molecule has 0 bridgehead atoms. The van der Waals surface area contributed by atoms with Crippen LogP contribution in [0.1, 0.15) is 16.1 Å². The summed E-state index contributed by atoms with van der Waals surface area (Å²) >= 11 is 9.01. The van der Waals surface area contributed by atoms with E-state index in [2.05, 4.69) is 20.9 Å². The van der Waals surface area contributed by atoms with Crippen molar-refractivity contribution in [1.29, 1.82) is 0 Å². The molecule has 0 aliphatic rings. The molecule has 0 saturated carbocycles. The quantitative estimate of drug-likeness (QED) is 0.626. The highest BCUT2D eigenvalue weighted by Crippen LogP contribution is 2.28. The van der Waals surface area contributed by atoms with E-state index < -0.39 is 11.8 Å². The first-order valence-corrected chi connectivity index (χ1v) is 8.28. The summed E-state index contributed by atoms with van der Waals surface area (Å²) in [6, 6.07) is 12.5. The lowest BCUT2D eigenvalue weighted by Crippen LogP contribution is -2.11. The Hall–Kier alpha value is -2.38. The lowest BCUT2D eigenvalue weighted by Gasteiger charge is -2.11. The first kappa shape index (κ1) is 17.4. The molecule has 0 radical (unpaired) electrons. The Morgan fingerprint density at radius 1 is 1.28 bits per heavy atom. The number of hydrogen-bond donors (Lipinski definition) is 1. The van der Waals surface area contributed by atoms with Crippen LogP contribution in [-0.2, 0) is 6.54 Å². The Labute approximate surface area is 155 Å². The maximum absolute atomic E-state index is 13.3. The highest BCUT2D eigenvalue weighted by molar-refractivity contribution is 9.10. The lowest BCUT2D eigenvalue weighted by atomic mass is 10.2. The number of imidazole rings is 1. The zero-order valence-electron chi connectivity index (χ0n) is 12.6. The van der Waals surface area contributed by atoms with Gasteiger partial charge in [-0.3, -0.25) is 4.57 Å². The van der Waals surface area contributed by atoms with Gasteiger partial charge in [-0.05, 0) is 45.8 Å². The molecule has 0 atom stereocenters. The molecule has 0 aliphatic carbocycles. The Bertz CT molecular complexity index is 928. The van der Waals surface area contributed by atoms with Gasteiger partial charge >= 0.3 is 12.0 Å². The van der Waals surface area contributed by atoms with Crippen molar-refractivity contribution in [2.75, 3.05) is 0 Å². The largest absolute Gasteiger partial charge is 0.476 e. The molecular formula is C17H11BrClFN2O3. The summed E-state index contributed by atoms with van der Waals surface area (Å²) in [6.45, 7) is 0.196. The van der Waals surface area contributed by atoms with Crippen LogP contribution in [0.25, 0.3) is 0 Å². The zero-order chi connectivity index (χ0) is 18.0. The minimum atomic E-state index is -1.16. The smallest absolute Gasteiger partial charge is 0.355 e.